The van der Waals surface area contributed by atoms with Gasteiger partial charge in [-0.3, -0.25) is 9.59 Å². The molecule has 1 saturated carbocycles. The highest BCUT2D eigenvalue weighted by molar-refractivity contribution is 6.04. The van der Waals surface area contributed by atoms with Gasteiger partial charge in [-0.25, -0.2) is 0 Å². The van der Waals surface area contributed by atoms with Gasteiger partial charge in [0.25, 0.3) is 0 Å². The lowest BCUT2D eigenvalue weighted by atomic mass is 9.98. The molecule has 0 radical (unpaired) electrons. The van der Waals surface area contributed by atoms with E-state index in [1.807, 2.05) is 57.2 Å². The summed E-state index contributed by atoms with van der Waals surface area (Å²) in [7, 11) is 0. The highest BCUT2D eigenvalue weighted by Crippen LogP contribution is 2.41. The summed E-state index contributed by atoms with van der Waals surface area (Å²) in [4.78, 5) is 25.2. The summed E-state index contributed by atoms with van der Waals surface area (Å²) in [5.74, 6) is -0.321. The Kier molecular flexibility index (Phi) is 5.36. The van der Waals surface area contributed by atoms with Gasteiger partial charge in [-0.05, 0) is 55.9 Å². The van der Waals surface area contributed by atoms with E-state index in [2.05, 4.69) is 24.5 Å². The van der Waals surface area contributed by atoms with Crippen molar-refractivity contribution < 1.29 is 9.59 Å². The van der Waals surface area contributed by atoms with Crippen LogP contribution in [0.1, 0.15) is 48.4 Å². The number of anilines is 2. The van der Waals surface area contributed by atoms with E-state index in [4.69, 9.17) is 0 Å². The Morgan fingerprint density at radius 1 is 0.926 bits per heavy atom. The maximum absolute atomic E-state index is 12.7. The van der Waals surface area contributed by atoms with Crippen LogP contribution in [0, 0.1) is 32.6 Å². The van der Waals surface area contributed by atoms with Crippen LogP contribution in [0.3, 0.4) is 0 Å². The number of benzene rings is 2. The van der Waals surface area contributed by atoms with Crippen LogP contribution in [-0.2, 0) is 9.59 Å². The fraction of sp³-hybridized carbons (Fsp3) is 0.391. The number of carbonyl (C=O) groups excluding carboxylic acids is 2. The molecule has 142 valence electrons. The van der Waals surface area contributed by atoms with Crippen LogP contribution in [0.5, 0.6) is 0 Å². The van der Waals surface area contributed by atoms with E-state index in [0.29, 0.717) is 12.3 Å². The van der Waals surface area contributed by atoms with Gasteiger partial charge in [0.2, 0.25) is 11.8 Å². The van der Waals surface area contributed by atoms with Gasteiger partial charge < -0.3 is 10.6 Å². The topological polar surface area (TPSA) is 58.2 Å². The fourth-order valence-electron chi connectivity index (χ4n) is 3.51. The molecule has 0 spiro atoms. The largest absolute Gasteiger partial charge is 0.326 e. The highest BCUT2D eigenvalue weighted by Gasteiger charge is 2.48. The molecule has 4 heteroatoms. The molecule has 2 aromatic rings. The SMILES string of the molecule is Cc1ccc(NC(=O)C2CC2C(=O)Nc2c(C)cccc2C(C)C)c(C)c1. The molecule has 2 amide bonds. The van der Waals surface area contributed by atoms with E-state index < -0.39 is 0 Å². The molecule has 0 aromatic heterocycles. The zero-order chi connectivity index (χ0) is 19.7. The second-order valence-electron chi connectivity index (χ2n) is 7.94. The van der Waals surface area contributed by atoms with Crippen molar-refractivity contribution in [2.24, 2.45) is 11.8 Å². The average molecular weight is 364 g/mol. The summed E-state index contributed by atoms with van der Waals surface area (Å²) in [6, 6.07) is 12.0. The van der Waals surface area contributed by atoms with Crippen molar-refractivity contribution in [3.63, 3.8) is 0 Å². The van der Waals surface area contributed by atoms with Crippen molar-refractivity contribution in [2.75, 3.05) is 10.6 Å². The summed E-state index contributed by atoms with van der Waals surface area (Å²) in [5, 5.41) is 6.04. The zero-order valence-corrected chi connectivity index (χ0v) is 16.7. The van der Waals surface area contributed by atoms with Gasteiger partial charge in [-0.2, -0.15) is 0 Å². The summed E-state index contributed by atoms with van der Waals surface area (Å²) in [5.41, 5.74) is 6.07. The van der Waals surface area contributed by atoms with E-state index >= 15 is 0 Å². The third kappa shape index (κ3) is 4.21. The predicted molar refractivity (Wildman–Crippen MR) is 110 cm³/mol. The normalized spacial score (nSPS) is 18.3. The molecule has 27 heavy (non-hydrogen) atoms. The molecule has 4 nitrogen and oxygen atoms in total. The molecule has 2 atom stereocenters. The monoisotopic (exact) mass is 364 g/mol. The lowest BCUT2D eigenvalue weighted by molar-refractivity contribution is -0.122. The minimum absolute atomic E-state index is 0.0630. The van der Waals surface area contributed by atoms with Crippen LogP contribution in [0.15, 0.2) is 36.4 Å². The summed E-state index contributed by atoms with van der Waals surface area (Å²) in [6.45, 7) is 10.2. The first kappa shape index (κ1) is 19.2. The van der Waals surface area contributed by atoms with Crippen LogP contribution >= 0.6 is 0 Å². The Hall–Kier alpha value is -2.62. The first-order valence-electron chi connectivity index (χ1n) is 9.56. The fourth-order valence-corrected chi connectivity index (χ4v) is 3.51. The van der Waals surface area contributed by atoms with Crippen LogP contribution in [-0.4, -0.2) is 11.8 Å². The van der Waals surface area contributed by atoms with Crippen LogP contribution in [0.4, 0.5) is 11.4 Å². The van der Waals surface area contributed by atoms with Crippen molar-refractivity contribution in [2.45, 2.75) is 47.0 Å². The van der Waals surface area contributed by atoms with Crippen molar-refractivity contribution in [3.05, 3.63) is 58.7 Å². The van der Waals surface area contributed by atoms with E-state index in [0.717, 1.165) is 33.6 Å². The number of aryl methyl sites for hydroxylation is 3. The molecule has 1 fully saturated rings. The highest BCUT2D eigenvalue weighted by atomic mass is 16.2. The lowest BCUT2D eigenvalue weighted by Gasteiger charge is -2.16. The third-order valence-corrected chi connectivity index (χ3v) is 5.28. The Bertz CT molecular complexity index is 886. The molecule has 0 aliphatic heterocycles. The first-order valence-corrected chi connectivity index (χ1v) is 9.56. The molecule has 1 aliphatic rings. The van der Waals surface area contributed by atoms with E-state index in [-0.39, 0.29) is 23.7 Å². The second-order valence-corrected chi connectivity index (χ2v) is 7.94. The minimum Gasteiger partial charge on any atom is -0.326 e. The molecule has 1 aliphatic carbocycles. The number of hydrogen-bond donors (Lipinski definition) is 2. The predicted octanol–water partition coefficient (Wildman–Crippen LogP) is 4.95. The molecule has 0 bridgehead atoms. The van der Waals surface area contributed by atoms with Gasteiger partial charge in [-0.15, -0.1) is 0 Å². The first-order chi connectivity index (χ1) is 12.8. The zero-order valence-electron chi connectivity index (χ0n) is 16.7. The Labute approximate surface area is 161 Å². The maximum atomic E-state index is 12.7. The van der Waals surface area contributed by atoms with E-state index in [9.17, 15) is 9.59 Å². The smallest absolute Gasteiger partial charge is 0.228 e. The number of rotatable bonds is 5. The molecule has 2 aromatic carbocycles. The van der Waals surface area contributed by atoms with Gasteiger partial charge in [0, 0.05) is 11.4 Å². The lowest BCUT2D eigenvalue weighted by Crippen LogP contribution is -2.21. The van der Waals surface area contributed by atoms with Crippen molar-refractivity contribution in [1.82, 2.24) is 0 Å². The number of para-hydroxylation sites is 1. The number of amides is 2. The quantitative estimate of drug-likeness (QED) is 0.789. The molecule has 0 saturated heterocycles. The maximum Gasteiger partial charge on any atom is 0.228 e. The molecular formula is C23H28N2O2. The second kappa shape index (κ2) is 7.55. The van der Waals surface area contributed by atoms with E-state index in [1.165, 1.54) is 0 Å². The van der Waals surface area contributed by atoms with Crippen molar-refractivity contribution in [1.29, 1.82) is 0 Å². The average Bonchev–Trinajstić information content (AvgIpc) is 3.39. The number of nitrogens with one attached hydrogen (secondary N) is 2. The summed E-state index contributed by atoms with van der Waals surface area (Å²) in [6.07, 6.45) is 0.603. The molecule has 0 heterocycles. The molecule has 2 N–H and O–H groups in total. The van der Waals surface area contributed by atoms with Crippen LogP contribution in [0.2, 0.25) is 0 Å². The Morgan fingerprint density at radius 2 is 1.59 bits per heavy atom. The van der Waals surface area contributed by atoms with Gasteiger partial charge in [0.1, 0.15) is 0 Å². The summed E-state index contributed by atoms with van der Waals surface area (Å²) < 4.78 is 0. The van der Waals surface area contributed by atoms with Gasteiger partial charge in [0.05, 0.1) is 11.8 Å². The number of hydrogen-bond acceptors (Lipinski definition) is 2. The van der Waals surface area contributed by atoms with Crippen LogP contribution in [0.25, 0.3) is 0 Å². The van der Waals surface area contributed by atoms with Gasteiger partial charge >= 0.3 is 0 Å². The Balaban J connectivity index is 1.65. The Morgan fingerprint density at radius 3 is 2.22 bits per heavy atom. The van der Waals surface area contributed by atoms with Crippen molar-refractivity contribution >= 4 is 23.2 Å². The van der Waals surface area contributed by atoms with Gasteiger partial charge in [0.15, 0.2) is 0 Å². The molecular weight excluding hydrogens is 336 g/mol. The third-order valence-electron chi connectivity index (χ3n) is 5.28. The molecule has 3 rings (SSSR count). The summed E-state index contributed by atoms with van der Waals surface area (Å²) >= 11 is 0. The molecule has 2 unspecified atom stereocenters. The van der Waals surface area contributed by atoms with Crippen molar-refractivity contribution in [3.8, 4) is 0 Å². The standard InChI is InChI=1S/C23H28N2O2/c1-13(2)17-8-6-7-15(4)21(17)25-23(27)19-12-18(19)22(26)24-20-10-9-14(3)11-16(20)5/h6-11,13,18-19H,12H2,1-5H3,(H,24,26)(H,25,27). The van der Waals surface area contributed by atoms with E-state index in [1.54, 1.807) is 0 Å². The minimum atomic E-state index is -0.254. The van der Waals surface area contributed by atoms with Gasteiger partial charge in [-0.1, -0.05) is 49.7 Å². The van der Waals surface area contributed by atoms with Crippen LogP contribution < -0.4 is 10.6 Å². The number of carbonyl (C=O) groups is 2.